The van der Waals surface area contributed by atoms with Crippen LogP contribution in [0.15, 0.2) is 12.7 Å². The Bertz CT molecular complexity index is 136. The smallest absolute Gasteiger partial charge is 0.00396 e. The molecule has 0 saturated heterocycles. The molecule has 78 valence electrons. The van der Waals surface area contributed by atoms with Gasteiger partial charge in [0.2, 0.25) is 0 Å². The van der Waals surface area contributed by atoms with Crippen molar-refractivity contribution in [2.45, 2.75) is 26.7 Å². The van der Waals surface area contributed by atoms with Crippen LogP contribution in [0.25, 0.3) is 0 Å². The summed E-state index contributed by atoms with van der Waals surface area (Å²) in [6.07, 6.45) is 6.78. The molecule has 1 N–H and O–H groups in total. The average Bonchev–Trinajstić information content (AvgIpc) is 2.15. The second kappa shape index (κ2) is 7.45. The summed E-state index contributed by atoms with van der Waals surface area (Å²) in [5, 5.41) is 3.39. The first kappa shape index (κ1) is 13.1. The van der Waals surface area contributed by atoms with Crippen molar-refractivity contribution < 1.29 is 0 Å². The van der Waals surface area contributed by atoms with Gasteiger partial charge in [-0.1, -0.05) is 19.9 Å². The fourth-order valence-corrected chi connectivity index (χ4v) is 1.73. The third-order valence-corrected chi connectivity index (χ3v) is 3.06. The molecule has 0 amide bonds. The number of nitrogens with one attached hydrogen (secondary N) is 1. The van der Waals surface area contributed by atoms with Crippen molar-refractivity contribution in [3.63, 3.8) is 0 Å². The molecule has 1 nitrogen and oxygen atoms in total. The lowest BCUT2D eigenvalue weighted by atomic mass is 9.86. The zero-order chi connectivity index (χ0) is 10.2. The Morgan fingerprint density at radius 1 is 1.54 bits per heavy atom. The molecule has 0 aliphatic rings. The maximum atomic E-state index is 3.92. The molecule has 0 aromatic heterocycles. The highest BCUT2D eigenvalue weighted by atomic mass is 32.2. The second-order valence-electron chi connectivity index (χ2n) is 3.73. The standard InChI is InChI=1S/C11H23NS/c1-5-11(3,10-12-6-2)8-7-9-13-4/h5,12H,1,6-10H2,2-4H3. The van der Waals surface area contributed by atoms with E-state index >= 15 is 0 Å². The van der Waals surface area contributed by atoms with Crippen LogP contribution in [0.4, 0.5) is 0 Å². The molecular formula is C11H23NS. The summed E-state index contributed by atoms with van der Waals surface area (Å²) < 4.78 is 0. The predicted octanol–water partition coefficient (Wildman–Crippen LogP) is 2.93. The predicted molar refractivity (Wildman–Crippen MR) is 64.5 cm³/mol. The third kappa shape index (κ3) is 6.17. The molecule has 1 unspecified atom stereocenters. The third-order valence-electron chi connectivity index (χ3n) is 2.37. The minimum absolute atomic E-state index is 0.283. The van der Waals surface area contributed by atoms with Gasteiger partial charge in [-0.2, -0.15) is 11.8 Å². The Kier molecular flexibility index (Phi) is 7.48. The molecule has 0 spiro atoms. The van der Waals surface area contributed by atoms with Gasteiger partial charge in [-0.05, 0) is 36.8 Å². The summed E-state index contributed by atoms with van der Waals surface area (Å²) >= 11 is 1.92. The van der Waals surface area contributed by atoms with Gasteiger partial charge in [0.1, 0.15) is 0 Å². The van der Waals surface area contributed by atoms with Gasteiger partial charge in [-0.15, -0.1) is 6.58 Å². The molecule has 0 saturated carbocycles. The molecule has 1 atom stereocenters. The van der Waals surface area contributed by atoms with Crippen LogP contribution in [0.3, 0.4) is 0 Å². The first-order chi connectivity index (χ1) is 6.18. The summed E-state index contributed by atoms with van der Waals surface area (Å²) in [5.74, 6) is 1.26. The van der Waals surface area contributed by atoms with Crippen LogP contribution in [-0.2, 0) is 0 Å². The van der Waals surface area contributed by atoms with Crippen LogP contribution in [0.1, 0.15) is 26.7 Å². The van der Waals surface area contributed by atoms with Crippen LogP contribution in [-0.4, -0.2) is 25.1 Å². The van der Waals surface area contributed by atoms with Gasteiger partial charge in [0.05, 0.1) is 0 Å². The SMILES string of the molecule is C=CC(C)(CCCSC)CNCC. The number of thioether (sulfide) groups is 1. The topological polar surface area (TPSA) is 12.0 Å². The lowest BCUT2D eigenvalue weighted by molar-refractivity contribution is 0.366. The van der Waals surface area contributed by atoms with Gasteiger partial charge in [0, 0.05) is 6.54 Å². The molecule has 0 aliphatic carbocycles. The van der Waals surface area contributed by atoms with Gasteiger partial charge in [-0.25, -0.2) is 0 Å². The summed E-state index contributed by atoms with van der Waals surface area (Å²) in [6, 6.07) is 0. The molecule has 0 bridgehead atoms. The molecule has 0 heterocycles. The van der Waals surface area contributed by atoms with Crippen molar-refractivity contribution in [2.24, 2.45) is 5.41 Å². The van der Waals surface area contributed by atoms with Crippen LogP contribution in [0, 0.1) is 5.41 Å². The highest BCUT2D eigenvalue weighted by Gasteiger charge is 2.18. The van der Waals surface area contributed by atoms with Gasteiger partial charge >= 0.3 is 0 Å². The Hall–Kier alpha value is 0.0500. The maximum absolute atomic E-state index is 3.92. The van der Waals surface area contributed by atoms with Gasteiger partial charge in [0.25, 0.3) is 0 Å². The van der Waals surface area contributed by atoms with Gasteiger partial charge in [0.15, 0.2) is 0 Å². The van der Waals surface area contributed by atoms with Crippen molar-refractivity contribution in [3.8, 4) is 0 Å². The van der Waals surface area contributed by atoms with Crippen molar-refractivity contribution in [3.05, 3.63) is 12.7 Å². The monoisotopic (exact) mass is 201 g/mol. The maximum Gasteiger partial charge on any atom is 0.00396 e. The van der Waals surface area contributed by atoms with E-state index < -0.39 is 0 Å². The summed E-state index contributed by atoms with van der Waals surface area (Å²) in [7, 11) is 0. The summed E-state index contributed by atoms with van der Waals surface area (Å²) in [5.41, 5.74) is 0.283. The fraction of sp³-hybridized carbons (Fsp3) is 0.818. The van der Waals surface area contributed by atoms with E-state index in [2.05, 4.69) is 38.1 Å². The van der Waals surface area contributed by atoms with Crippen molar-refractivity contribution in [1.82, 2.24) is 5.32 Å². The van der Waals surface area contributed by atoms with E-state index in [9.17, 15) is 0 Å². The highest BCUT2D eigenvalue weighted by Crippen LogP contribution is 2.24. The van der Waals surface area contributed by atoms with E-state index in [1.165, 1.54) is 18.6 Å². The van der Waals surface area contributed by atoms with Gasteiger partial charge in [-0.3, -0.25) is 0 Å². The lowest BCUT2D eigenvalue weighted by Crippen LogP contribution is -2.30. The number of hydrogen-bond donors (Lipinski definition) is 1. The molecular weight excluding hydrogens is 178 g/mol. The van der Waals surface area contributed by atoms with Crippen LogP contribution < -0.4 is 5.32 Å². The molecule has 0 aromatic carbocycles. The second-order valence-corrected chi connectivity index (χ2v) is 4.72. The normalized spacial score (nSPS) is 15.3. The van der Waals surface area contributed by atoms with E-state index in [0.717, 1.165) is 13.1 Å². The zero-order valence-corrected chi connectivity index (χ0v) is 10.0. The first-order valence-electron chi connectivity index (χ1n) is 5.02. The summed E-state index contributed by atoms with van der Waals surface area (Å²) in [4.78, 5) is 0. The zero-order valence-electron chi connectivity index (χ0n) is 9.23. The van der Waals surface area contributed by atoms with Crippen molar-refractivity contribution in [1.29, 1.82) is 0 Å². The fourth-order valence-electron chi connectivity index (χ4n) is 1.29. The molecule has 0 fully saturated rings. The Morgan fingerprint density at radius 2 is 2.23 bits per heavy atom. The first-order valence-corrected chi connectivity index (χ1v) is 6.41. The van der Waals surface area contributed by atoms with E-state index in [-0.39, 0.29) is 5.41 Å². The number of hydrogen-bond acceptors (Lipinski definition) is 2. The quantitative estimate of drug-likeness (QED) is 0.479. The van der Waals surface area contributed by atoms with E-state index in [1.54, 1.807) is 0 Å². The van der Waals surface area contributed by atoms with Gasteiger partial charge < -0.3 is 5.32 Å². The largest absolute Gasteiger partial charge is 0.316 e. The van der Waals surface area contributed by atoms with Crippen LogP contribution in [0.2, 0.25) is 0 Å². The van der Waals surface area contributed by atoms with Crippen molar-refractivity contribution in [2.75, 3.05) is 25.1 Å². The minimum Gasteiger partial charge on any atom is -0.316 e. The van der Waals surface area contributed by atoms with E-state index in [1.807, 2.05) is 11.8 Å². The Labute approximate surface area is 87.4 Å². The molecule has 2 heteroatoms. The van der Waals surface area contributed by atoms with Crippen LogP contribution in [0.5, 0.6) is 0 Å². The number of rotatable bonds is 8. The minimum atomic E-state index is 0.283. The summed E-state index contributed by atoms with van der Waals surface area (Å²) in [6.45, 7) is 10.4. The Morgan fingerprint density at radius 3 is 2.69 bits per heavy atom. The highest BCUT2D eigenvalue weighted by molar-refractivity contribution is 7.98. The Balaban J connectivity index is 3.74. The van der Waals surface area contributed by atoms with Crippen molar-refractivity contribution >= 4 is 11.8 Å². The molecule has 0 radical (unpaired) electrons. The average molecular weight is 201 g/mol. The molecule has 0 rings (SSSR count). The van der Waals surface area contributed by atoms with Crippen LogP contribution >= 0.6 is 11.8 Å². The molecule has 13 heavy (non-hydrogen) atoms. The van der Waals surface area contributed by atoms with E-state index in [4.69, 9.17) is 0 Å². The van der Waals surface area contributed by atoms with E-state index in [0.29, 0.717) is 0 Å². The molecule has 0 aromatic rings. The lowest BCUT2D eigenvalue weighted by Gasteiger charge is -2.25. The molecule has 0 aliphatic heterocycles.